The summed E-state index contributed by atoms with van der Waals surface area (Å²) in [4.78, 5) is 9.77. The van der Waals surface area contributed by atoms with E-state index in [2.05, 4.69) is 0 Å². The van der Waals surface area contributed by atoms with Crippen molar-refractivity contribution < 1.29 is 14.1 Å². The molecule has 1 aliphatic rings. The Balaban J connectivity index is 2.01. The van der Waals surface area contributed by atoms with Gasteiger partial charge in [0, 0.05) is 18.2 Å². The largest absolute Gasteiger partial charge is 0.376 e. The molecule has 0 radical (unpaired) electrons. The van der Waals surface area contributed by atoms with Crippen molar-refractivity contribution in [2.45, 2.75) is 19.4 Å². The molecule has 1 aliphatic carbocycles. The summed E-state index contributed by atoms with van der Waals surface area (Å²) in [6.07, 6.45) is 2.33. The van der Waals surface area contributed by atoms with E-state index in [0.29, 0.717) is 12.5 Å². The second-order valence-electron chi connectivity index (χ2n) is 3.97. The standard InChI is InChI=1S/C11H12FNO3/c12-11-9(7-16-6-8-4-5-8)2-1-3-10(11)13(14)15/h1-3,8H,4-7H2. The van der Waals surface area contributed by atoms with E-state index in [0.717, 1.165) is 18.9 Å². The van der Waals surface area contributed by atoms with Gasteiger partial charge in [-0.2, -0.15) is 4.39 Å². The highest BCUT2D eigenvalue weighted by Crippen LogP contribution is 2.29. The minimum Gasteiger partial charge on any atom is -0.376 e. The van der Waals surface area contributed by atoms with E-state index in [1.54, 1.807) is 0 Å². The molecule has 0 bridgehead atoms. The monoisotopic (exact) mass is 225 g/mol. The van der Waals surface area contributed by atoms with Crippen LogP contribution in [0.25, 0.3) is 0 Å². The van der Waals surface area contributed by atoms with E-state index in [9.17, 15) is 14.5 Å². The van der Waals surface area contributed by atoms with Crippen molar-refractivity contribution in [3.63, 3.8) is 0 Å². The van der Waals surface area contributed by atoms with Crippen LogP contribution in [0.2, 0.25) is 0 Å². The molecular weight excluding hydrogens is 213 g/mol. The molecular formula is C11H12FNO3. The number of halogens is 1. The van der Waals surface area contributed by atoms with Gasteiger partial charge in [0.05, 0.1) is 11.5 Å². The second kappa shape index (κ2) is 4.57. The number of nitrogens with zero attached hydrogens (tertiary/aromatic N) is 1. The Morgan fingerprint density at radius 3 is 2.88 bits per heavy atom. The van der Waals surface area contributed by atoms with Crippen LogP contribution in [0.1, 0.15) is 18.4 Å². The van der Waals surface area contributed by atoms with E-state index in [-0.39, 0.29) is 12.2 Å². The Kier molecular flexibility index (Phi) is 3.14. The number of nitro groups is 1. The molecule has 4 nitrogen and oxygen atoms in total. The van der Waals surface area contributed by atoms with E-state index >= 15 is 0 Å². The molecule has 2 rings (SSSR count). The summed E-state index contributed by atoms with van der Waals surface area (Å²) in [5.41, 5.74) is -0.248. The Morgan fingerprint density at radius 1 is 1.50 bits per heavy atom. The predicted molar refractivity (Wildman–Crippen MR) is 55.4 cm³/mol. The van der Waals surface area contributed by atoms with E-state index in [1.165, 1.54) is 12.1 Å². The summed E-state index contributed by atoms with van der Waals surface area (Å²) in [7, 11) is 0. The van der Waals surface area contributed by atoms with Crippen LogP contribution in [0.4, 0.5) is 10.1 Å². The first-order valence-electron chi connectivity index (χ1n) is 5.18. The maximum Gasteiger partial charge on any atom is 0.305 e. The first-order chi connectivity index (χ1) is 7.68. The van der Waals surface area contributed by atoms with Crippen molar-refractivity contribution >= 4 is 5.69 Å². The van der Waals surface area contributed by atoms with Crippen molar-refractivity contribution in [3.05, 3.63) is 39.7 Å². The SMILES string of the molecule is O=[N+]([O-])c1cccc(COCC2CC2)c1F. The van der Waals surface area contributed by atoms with Crippen LogP contribution in [0.3, 0.4) is 0 Å². The highest BCUT2D eigenvalue weighted by molar-refractivity contribution is 5.36. The van der Waals surface area contributed by atoms with Crippen LogP contribution in [-0.4, -0.2) is 11.5 Å². The summed E-state index contributed by atoms with van der Waals surface area (Å²) >= 11 is 0. The van der Waals surface area contributed by atoms with Gasteiger partial charge in [-0.15, -0.1) is 0 Å². The zero-order chi connectivity index (χ0) is 11.5. The van der Waals surface area contributed by atoms with Crippen LogP contribution in [-0.2, 0) is 11.3 Å². The van der Waals surface area contributed by atoms with Crippen molar-refractivity contribution in [1.82, 2.24) is 0 Å². The average molecular weight is 225 g/mol. The fraction of sp³-hybridized carbons (Fsp3) is 0.455. The van der Waals surface area contributed by atoms with Crippen molar-refractivity contribution in [2.75, 3.05) is 6.61 Å². The lowest BCUT2D eigenvalue weighted by atomic mass is 10.2. The van der Waals surface area contributed by atoms with Crippen molar-refractivity contribution in [2.24, 2.45) is 5.92 Å². The first-order valence-corrected chi connectivity index (χ1v) is 5.18. The third-order valence-corrected chi connectivity index (χ3v) is 2.56. The smallest absolute Gasteiger partial charge is 0.305 e. The summed E-state index contributed by atoms with van der Waals surface area (Å²) in [6, 6.07) is 4.13. The fourth-order valence-electron chi connectivity index (χ4n) is 1.44. The zero-order valence-electron chi connectivity index (χ0n) is 8.69. The second-order valence-corrected chi connectivity index (χ2v) is 3.97. The number of nitro benzene ring substituents is 1. The predicted octanol–water partition coefficient (Wildman–Crippen LogP) is 2.66. The summed E-state index contributed by atoms with van der Waals surface area (Å²) < 4.78 is 18.8. The number of hydrogen-bond donors (Lipinski definition) is 0. The lowest BCUT2D eigenvalue weighted by molar-refractivity contribution is -0.387. The van der Waals surface area contributed by atoms with E-state index in [4.69, 9.17) is 4.74 Å². The molecule has 0 heterocycles. The first kappa shape index (κ1) is 11.0. The maximum absolute atomic E-state index is 13.5. The maximum atomic E-state index is 13.5. The van der Waals surface area contributed by atoms with Crippen LogP contribution < -0.4 is 0 Å². The van der Waals surface area contributed by atoms with Crippen LogP contribution in [0.15, 0.2) is 18.2 Å². The lowest BCUT2D eigenvalue weighted by Gasteiger charge is -2.04. The number of benzene rings is 1. The minimum absolute atomic E-state index is 0.101. The quantitative estimate of drug-likeness (QED) is 0.571. The minimum atomic E-state index is -0.789. The highest BCUT2D eigenvalue weighted by atomic mass is 19.1. The lowest BCUT2D eigenvalue weighted by Crippen LogP contribution is -2.01. The zero-order valence-corrected chi connectivity index (χ0v) is 8.69. The van der Waals surface area contributed by atoms with Crippen LogP contribution in [0, 0.1) is 21.8 Å². The van der Waals surface area contributed by atoms with Gasteiger partial charge in [0.2, 0.25) is 5.82 Å². The molecule has 0 aromatic heterocycles. The molecule has 1 saturated carbocycles. The molecule has 86 valence electrons. The van der Waals surface area contributed by atoms with Gasteiger partial charge < -0.3 is 4.74 Å². The molecule has 5 heteroatoms. The van der Waals surface area contributed by atoms with Gasteiger partial charge in [-0.25, -0.2) is 0 Å². The Bertz CT molecular complexity index is 404. The average Bonchev–Trinajstić information content (AvgIpc) is 3.04. The third kappa shape index (κ3) is 2.55. The number of ether oxygens (including phenoxy) is 1. The summed E-state index contributed by atoms with van der Waals surface area (Å²) in [5, 5.41) is 10.5. The molecule has 0 saturated heterocycles. The topological polar surface area (TPSA) is 52.4 Å². The van der Waals surface area contributed by atoms with Gasteiger partial charge >= 0.3 is 5.69 Å². The highest BCUT2D eigenvalue weighted by Gasteiger charge is 2.22. The Morgan fingerprint density at radius 2 is 2.25 bits per heavy atom. The van der Waals surface area contributed by atoms with Gasteiger partial charge in [-0.1, -0.05) is 12.1 Å². The van der Waals surface area contributed by atoms with Gasteiger partial charge in [0.25, 0.3) is 0 Å². The third-order valence-electron chi connectivity index (χ3n) is 2.56. The van der Waals surface area contributed by atoms with Crippen LogP contribution in [0.5, 0.6) is 0 Å². The molecule has 0 aliphatic heterocycles. The van der Waals surface area contributed by atoms with Gasteiger partial charge in [0.15, 0.2) is 0 Å². The van der Waals surface area contributed by atoms with E-state index < -0.39 is 16.4 Å². The van der Waals surface area contributed by atoms with Gasteiger partial charge in [-0.3, -0.25) is 10.1 Å². The Labute approximate surface area is 92.2 Å². The number of rotatable bonds is 5. The van der Waals surface area contributed by atoms with Crippen molar-refractivity contribution in [1.29, 1.82) is 0 Å². The molecule has 1 fully saturated rings. The van der Waals surface area contributed by atoms with Crippen LogP contribution >= 0.6 is 0 Å². The normalized spacial score (nSPS) is 15.1. The molecule has 1 aromatic rings. The van der Waals surface area contributed by atoms with Gasteiger partial charge in [-0.05, 0) is 18.8 Å². The number of hydrogen-bond acceptors (Lipinski definition) is 3. The molecule has 0 spiro atoms. The molecule has 0 unspecified atom stereocenters. The fourth-order valence-corrected chi connectivity index (χ4v) is 1.44. The molecule has 0 amide bonds. The molecule has 1 aromatic carbocycles. The molecule has 0 atom stereocenters. The molecule has 0 N–H and O–H groups in total. The summed E-state index contributed by atoms with van der Waals surface area (Å²) in [6.45, 7) is 0.714. The van der Waals surface area contributed by atoms with Gasteiger partial charge in [0.1, 0.15) is 0 Å². The summed E-state index contributed by atoms with van der Waals surface area (Å²) in [5.74, 6) is -0.190. The molecule has 16 heavy (non-hydrogen) atoms. The van der Waals surface area contributed by atoms with E-state index in [1.807, 2.05) is 0 Å². The Hall–Kier alpha value is -1.49. The van der Waals surface area contributed by atoms with Crippen molar-refractivity contribution in [3.8, 4) is 0 Å².